The van der Waals surface area contributed by atoms with Crippen LogP contribution in [0.15, 0.2) is 54.6 Å². The van der Waals surface area contributed by atoms with Crippen molar-refractivity contribution in [1.82, 2.24) is 25.1 Å². The van der Waals surface area contributed by atoms with Crippen LogP contribution >= 0.6 is 0 Å². The Kier molecular flexibility index (Phi) is 10.9. The number of hydrogen-bond acceptors (Lipinski definition) is 9. The predicted octanol–water partition coefficient (Wildman–Crippen LogP) is 2.84. The van der Waals surface area contributed by atoms with Gasteiger partial charge in [-0.15, -0.1) is 0 Å². The summed E-state index contributed by atoms with van der Waals surface area (Å²) in [6.45, 7) is 7.71. The van der Waals surface area contributed by atoms with Crippen LogP contribution in [0.5, 0.6) is 11.5 Å². The van der Waals surface area contributed by atoms with E-state index >= 15 is 0 Å². The summed E-state index contributed by atoms with van der Waals surface area (Å²) in [6, 6.07) is 16.4. The SMILES string of the molecule is COc1ccc(-c2cc(NC(=O)COCC(=O)N3CCN(CC(=O)NC(C)(C)C)CC3)nc(-c3ccc(OC)cc3)n2)cc1. The second-order valence-electron chi connectivity index (χ2n) is 11.4. The maximum Gasteiger partial charge on any atom is 0.251 e. The number of anilines is 1. The molecule has 0 atom stereocenters. The molecule has 234 valence electrons. The number of nitrogens with one attached hydrogen (secondary N) is 2. The molecule has 1 aromatic heterocycles. The first-order valence-corrected chi connectivity index (χ1v) is 14.4. The van der Waals surface area contributed by atoms with Gasteiger partial charge in [-0.2, -0.15) is 0 Å². The van der Waals surface area contributed by atoms with Crippen molar-refractivity contribution in [1.29, 1.82) is 0 Å². The molecule has 0 bridgehead atoms. The van der Waals surface area contributed by atoms with Gasteiger partial charge in [-0.05, 0) is 69.3 Å². The normalized spacial score (nSPS) is 13.7. The van der Waals surface area contributed by atoms with E-state index in [2.05, 4.69) is 15.6 Å². The summed E-state index contributed by atoms with van der Waals surface area (Å²) in [5, 5.41) is 5.72. The minimum absolute atomic E-state index is 0.0393. The predicted molar refractivity (Wildman–Crippen MR) is 166 cm³/mol. The van der Waals surface area contributed by atoms with E-state index in [0.29, 0.717) is 61.6 Å². The van der Waals surface area contributed by atoms with Gasteiger partial charge >= 0.3 is 0 Å². The fourth-order valence-corrected chi connectivity index (χ4v) is 4.61. The largest absolute Gasteiger partial charge is 0.497 e. The molecule has 2 heterocycles. The number of rotatable bonds is 11. The van der Waals surface area contributed by atoms with Crippen LogP contribution in [-0.2, 0) is 19.1 Å². The smallest absolute Gasteiger partial charge is 0.251 e. The first-order valence-electron chi connectivity index (χ1n) is 14.4. The Bertz CT molecular complexity index is 1370. The minimum Gasteiger partial charge on any atom is -0.497 e. The quantitative estimate of drug-likeness (QED) is 0.339. The molecule has 1 fully saturated rings. The Labute approximate surface area is 257 Å². The zero-order chi connectivity index (χ0) is 31.7. The lowest BCUT2D eigenvalue weighted by atomic mass is 10.1. The summed E-state index contributed by atoms with van der Waals surface area (Å²) in [7, 11) is 3.19. The highest BCUT2D eigenvalue weighted by Gasteiger charge is 2.24. The number of benzene rings is 2. The van der Waals surface area contributed by atoms with Gasteiger partial charge in [-0.1, -0.05) is 0 Å². The first kappa shape index (κ1) is 32.4. The van der Waals surface area contributed by atoms with E-state index in [1.807, 2.05) is 74.2 Å². The number of carbonyl (C=O) groups is 3. The van der Waals surface area contributed by atoms with Crippen LogP contribution in [-0.4, -0.2) is 103 Å². The number of amides is 3. The summed E-state index contributed by atoms with van der Waals surface area (Å²) < 4.78 is 16.0. The van der Waals surface area contributed by atoms with Crippen molar-refractivity contribution in [3.63, 3.8) is 0 Å². The fourth-order valence-electron chi connectivity index (χ4n) is 4.61. The molecule has 3 amide bonds. The van der Waals surface area contributed by atoms with Crippen molar-refractivity contribution in [2.24, 2.45) is 0 Å². The Morgan fingerprint density at radius 2 is 1.39 bits per heavy atom. The molecule has 4 rings (SSSR count). The Morgan fingerprint density at radius 1 is 0.795 bits per heavy atom. The van der Waals surface area contributed by atoms with Gasteiger partial charge in [0.1, 0.15) is 30.5 Å². The van der Waals surface area contributed by atoms with Gasteiger partial charge in [0, 0.05) is 48.9 Å². The molecule has 0 radical (unpaired) electrons. The summed E-state index contributed by atoms with van der Waals surface area (Å²) in [6.07, 6.45) is 0. The maximum atomic E-state index is 12.8. The lowest BCUT2D eigenvalue weighted by Crippen LogP contribution is -2.53. The number of aromatic nitrogens is 2. The number of piperazine rings is 1. The summed E-state index contributed by atoms with van der Waals surface area (Å²) >= 11 is 0. The highest BCUT2D eigenvalue weighted by molar-refractivity contribution is 5.92. The molecular formula is C32H40N6O6. The average molecular weight is 605 g/mol. The third kappa shape index (κ3) is 9.48. The summed E-state index contributed by atoms with van der Waals surface area (Å²) in [5.41, 5.74) is 1.88. The highest BCUT2D eigenvalue weighted by atomic mass is 16.5. The molecule has 12 nitrogen and oxygen atoms in total. The average Bonchev–Trinajstić information content (AvgIpc) is 3.00. The van der Waals surface area contributed by atoms with Crippen LogP contribution in [0.1, 0.15) is 20.8 Å². The van der Waals surface area contributed by atoms with E-state index in [1.54, 1.807) is 25.2 Å². The number of carbonyl (C=O) groups excluding carboxylic acids is 3. The molecule has 1 aliphatic heterocycles. The second-order valence-corrected chi connectivity index (χ2v) is 11.4. The lowest BCUT2D eigenvalue weighted by Gasteiger charge is -2.34. The molecule has 2 N–H and O–H groups in total. The lowest BCUT2D eigenvalue weighted by molar-refractivity contribution is -0.139. The molecule has 0 unspecified atom stereocenters. The van der Waals surface area contributed by atoms with Gasteiger partial charge in [-0.25, -0.2) is 9.97 Å². The van der Waals surface area contributed by atoms with E-state index in [1.165, 1.54) is 0 Å². The summed E-state index contributed by atoms with van der Waals surface area (Å²) in [5.74, 6) is 1.43. The highest BCUT2D eigenvalue weighted by Crippen LogP contribution is 2.27. The van der Waals surface area contributed by atoms with Crippen molar-refractivity contribution in [2.75, 3.05) is 65.5 Å². The van der Waals surface area contributed by atoms with E-state index in [0.717, 1.165) is 11.1 Å². The molecule has 1 aliphatic rings. The van der Waals surface area contributed by atoms with Gasteiger partial charge in [0.05, 0.1) is 26.5 Å². The molecule has 2 aromatic carbocycles. The molecule has 12 heteroatoms. The third-order valence-corrected chi connectivity index (χ3v) is 6.79. The van der Waals surface area contributed by atoms with Crippen molar-refractivity contribution < 1.29 is 28.6 Å². The van der Waals surface area contributed by atoms with Crippen LogP contribution in [0.3, 0.4) is 0 Å². The van der Waals surface area contributed by atoms with Gasteiger partial charge in [0.15, 0.2) is 5.82 Å². The number of nitrogens with zero attached hydrogens (tertiary/aromatic N) is 4. The standard InChI is InChI=1S/C32H40N6O6/c1-32(2,3)36-28(39)19-37-14-16-38(17-15-37)30(41)21-44-20-29(40)34-27-18-26(22-6-10-24(42-4)11-7-22)33-31(35-27)23-8-12-25(43-5)13-9-23/h6-13,18H,14-17,19-21H2,1-5H3,(H,36,39)(H,33,34,35,40). The van der Waals surface area contributed by atoms with Gasteiger partial charge in [-0.3, -0.25) is 19.3 Å². The zero-order valence-electron chi connectivity index (χ0n) is 25.9. The van der Waals surface area contributed by atoms with Crippen LogP contribution in [0.2, 0.25) is 0 Å². The van der Waals surface area contributed by atoms with Crippen LogP contribution in [0, 0.1) is 0 Å². The van der Waals surface area contributed by atoms with Crippen molar-refractivity contribution in [3.8, 4) is 34.1 Å². The monoisotopic (exact) mass is 604 g/mol. The molecule has 1 saturated heterocycles. The van der Waals surface area contributed by atoms with E-state index < -0.39 is 5.91 Å². The molecule has 3 aromatic rings. The van der Waals surface area contributed by atoms with E-state index in [9.17, 15) is 14.4 Å². The van der Waals surface area contributed by atoms with Crippen molar-refractivity contribution in [2.45, 2.75) is 26.3 Å². The number of methoxy groups -OCH3 is 2. The zero-order valence-corrected chi connectivity index (χ0v) is 25.9. The topological polar surface area (TPSA) is 135 Å². The van der Waals surface area contributed by atoms with E-state index in [4.69, 9.17) is 19.2 Å². The van der Waals surface area contributed by atoms with Gasteiger partial charge in [0.25, 0.3) is 5.91 Å². The van der Waals surface area contributed by atoms with Gasteiger partial charge < -0.3 is 29.7 Å². The third-order valence-electron chi connectivity index (χ3n) is 6.79. The molecule has 0 aliphatic carbocycles. The first-order chi connectivity index (χ1) is 21.0. The van der Waals surface area contributed by atoms with Crippen molar-refractivity contribution >= 4 is 23.5 Å². The number of hydrogen-bond donors (Lipinski definition) is 2. The summed E-state index contributed by atoms with van der Waals surface area (Å²) in [4.78, 5) is 50.6. The molecule has 0 spiro atoms. The second kappa shape index (κ2) is 14.8. The minimum atomic E-state index is -0.451. The van der Waals surface area contributed by atoms with Crippen molar-refractivity contribution in [3.05, 3.63) is 54.6 Å². The molecule has 44 heavy (non-hydrogen) atoms. The Balaban J connectivity index is 1.33. The van der Waals surface area contributed by atoms with Crippen LogP contribution < -0.4 is 20.1 Å². The van der Waals surface area contributed by atoms with Crippen LogP contribution in [0.4, 0.5) is 5.82 Å². The molecular weight excluding hydrogens is 564 g/mol. The Morgan fingerprint density at radius 3 is 1.95 bits per heavy atom. The fraction of sp³-hybridized carbons (Fsp3) is 0.406. The van der Waals surface area contributed by atoms with E-state index in [-0.39, 0.29) is 30.6 Å². The van der Waals surface area contributed by atoms with Crippen LogP contribution in [0.25, 0.3) is 22.6 Å². The number of ether oxygens (including phenoxy) is 3. The Hall–Kier alpha value is -4.55. The maximum absolute atomic E-state index is 12.8. The van der Waals surface area contributed by atoms with Gasteiger partial charge in [0.2, 0.25) is 11.8 Å². The molecule has 0 saturated carbocycles.